The summed E-state index contributed by atoms with van der Waals surface area (Å²) in [5, 5.41) is 5.09. The van der Waals surface area contributed by atoms with Crippen LogP contribution < -0.4 is 0 Å². The average Bonchev–Trinajstić information content (AvgIpc) is 3.75. The summed E-state index contributed by atoms with van der Waals surface area (Å²) in [7, 11) is 0. The molecule has 0 fully saturated rings. The Balaban J connectivity index is 1.08. The zero-order chi connectivity index (χ0) is 37.5. The largest absolute Gasteiger partial charge is 0.309 e. The fraction of sp³-hybridized carbons (Fsp3) is 0.115. The molecule has 10 aromatic rings. The van der Waals surface area contributed by atoms with Crippen molar-refractivity contribution < 1.29 is 0 Å². The number of hydrogen-bond acceptors (Lipinski definition) is 2. The highest BCUT2D eigenvalue weighted by Crippen LogP contribution is 2.50. The number of rotatable bonds is 3. The molecule has 0 saturated carbocycles. The van der Waals surface area contributed by atoms with Gasteiger partial charge in [-0.05, 0) is 105 Å². The summed E-state index contributed by atoms with van der Waals surface area (Å²) in [5.41, 5.74) is 18.4. The highest BCUT2D eigenvalue weighted by atomic mass is 15.0. The van der Waals surface area contributed by atoms with Gasteiger partial charge in [0.15, 0.2) is 5.82 Å². The predicted molar refractivity (Wildman–Crippen MR) is 231 cm³/mol. The standard InChI is InChI=1S/C52H38N4/c1-51(2)40-14-5-7-18-46(40)55-44-22-20-31(29-38(44)36-12-9-16-42(51)48(36)55)33-26-34(28-35(27-33)50-53-24-11-25-54-50)32-21-23-45-39(30-32)37-13-10-17-43-49(37)56(45)47-19-8-6-15-41(47)52(43,3)4/h5-30H,1-4H3. The van der Waals surface area contributed by atoms with Crippen LogP contribution in [0.5, 0.6) is 0 Å². The predicted octanol–water partition coefficient (Wildman–Crippen LogP) is 13.0. The van der Waals surface area contributed by atoms with E-state index >= 15 is 0 Å². The van der Waals surface area contributed by atoms with E-state index in [9.17, 15) is 0 Å². The molecule has 0 aliphatic carbocycles. The van der Waals surface area contributed by atoms with Crippen LogP contribution in [0, 0.1) is 0 Å². The summed E-state index contributed by atoms with van der Waals surface area (Å²) in [6.07, 6.45) is 3.65. The number of fused-ring (bicyclic) bond motifs is 10. The van der Waals surface area contributed by atoms with Crippen LogP contribution in [0.3, 0.4) is 0 Å². The third kappa shape index (κ3) is 4.08. The molecule has 0 N–H and O–H groups in total. The molecular weight excluding hydrogens is 681 g/mol. The van der Waals surface area contributed by atoms with Crippen LogP contribution in [0.2, 0.25) is 0 Å². The monoisotopic (exact) mass is 718 g/mol. The normalized spacial score (nSPS) is 14.7. The van der Waals surface area contributed by atoms with E-state index < -0.39 is 0 Å². The average molecular weight is 719 g/mol. The molecule has 2 aliphatic rings. The number of hydrogen-bond donors (Lipinski definition) is 0. The fourth-order valence-electron chi connectivity index (χ4n) is 10.2. The van der Waals surface area contributed by atoms with Crippen LogP contribution in [-0.4, -0.2) is 19.1 Å². The van der Waals surface area contributed by atoms with Gasteiger partial charge in [-0.2, -0.15) is 0 Å². The van der Waals surface area contributed by atoms with Gasteiger partial charge in [-0.25, -0.2) is 9.97 Å². The van der Waals surface area contributed by atoms with Gasteiger partial charge in [-0.3, -0.25) is 0 Å². The van der Waals surface area contributed by atoms with Gasteiger partial charge < -0.3 is 9.13 Å². The molecule has 5 heterocycles. The van der Waals surface area contributed by atoms with Gasteiger partial charge in [0, 0.05) is 50.3 Å². The van der Waals surface area contributed by atoms with E-state index in [-0.39, 0.29) is 10.8 Å². The second-order valence-corrected chi connectivity index (χ2v) is 16.7. The van der Waals surface area contributed by atoms with E-state index in [2.05, 4.69) is 176 Å². The van der Waals surface area contributed by atoms with E-state index in [0.29, 0.717) is 0 Å². The van der Waals surface area contributed by atoms with Crippen LogP contribution in [-0.2, 0) is 10.8 Å². The second-order valence-electron chi connectivity index (χ2n) is 16.7. The molecule has 0 bridgehead atoms. The van der Waals surface area contributed by atoms with Crippen LogP contribution in [0.15, 0.2) is 158 Å². The zero-order valence-corrected chi connectivity index (χ0v) is 31.8. The number of benzene rings is 7. The minimum atomic E-state index is -0.103. The molecule has 0 atom stereocenters. The first-order chi connectivity index (χ1) is 27.3. The minimum Gasteiger partial charge on any atom is -0.309 e. The van der Waals surface area contributed by atoms with Crippen LogP contribution >= 0.6 is 0 Å². The summed E-state index contributed by atoms with van der Waals surface area (Å²) >= 11 is 0. The Kier molecular flexibility index (Phi) is 6.15. The second kappa shape index (κ2) is 10.9. The highest BCUT2D eigenvalue weighted by Gasteiger charge is 2.36. The molecule has 56 heavy (non-hydrogen) atoms. The number of para-hydroxylation sites is 4. The third-order valence-electron chi connectivity index (χ3n) is 13.0. The lowest BCUT2D eigenvalue weighted by Gasteiger charge is -2.34. The maximum Gasteiger partial charge on any atom is 0.159 e. The van der Waals surface area contributed by atoms with E-state index in [1.807, 2.05) is 18.5 Å². The number of nitrogens with zero attached hydrogens (tertiary/aromatic N) is 4. The van der Waals surface area contributed by atoms with E-state index in [0.717, 1.165) is 22.5 Å². The molecule has 3 aromatic heterocycles. The molecule has 4 heteroatoms. The van der Waals surface area contributed by atoms with E-state index in [4.69, 9.17) is 9.97 Å². The van der Waals surface area contributed by atoms with Crippen molar-refractivity contribution in [2.45, 2.75) is 38.5 Å². The van der Waals surface area contributed by atoms with Crippen molar-refractivity contribution in [2.75, 3.05) is 0 Å². The van der Waals surface area contributed by atoms with Crippen molar-refractivity contribution in [1.29, 1.82) is 0 Å². The highest BCUT2D eigenvalue weighted by molar-refractivity contribution is 6.14. The lowest BCUT2D eigenvalue weighted by Crippen LogP contribution is -2.26. The zero-order valence-electron chi connectivity index (χ0n) is 31.8. The van der Waals surface area contributed by atoms with Crippen molar-refractivity contribution in [3.8, 4) is 45.0 Å². The Morgan fingerprint density at radius 2 is 0.821 bits per heavy atom. The first-order valence-corrected chi connectivity index (χ1v) is 19.6. The molecule has 0 amide bonds. The number of aromatic nitrogens is 4. The van der Waals surface area contributed by atoms with Crippen LogP contribution in [0.1, 0.15) is 49.9 Å². The lowest BCUT2D eigenvalue weighted by molar-refractivity contribution is 0.630. The molecule has 266 valence electrons. The Bertz CT molecular complexity index is 3100. The van der Waals surface area contributed by atoms with Gasteiger partial charge in [0.05, 0.1) is 33.4 Å². The van der Waals surface area contributed by atoms with E-state index in [1.165, 1.54) is 88.4 Å². The smallest absolute Gasteiger partial charge is 0.159 e. The summed E-state index contributed by atoms with van der Waals surface area (Å²) in [6, 6.07) is 54.1. The minimum absolute atomic E-state index is 0.103. The van der Waals surface area contributed by atoms with Gasteiger partial charge in [0.2, 0.25) is 0 Å². The molecule has 2 aliphatic heterocycles. The molecule has 0 saturated heterocycles. The molecule has 0 radical (unpaired) electrons. The van der Waals surface area contributed by atoms with Gasteiger partial charge in [0.25, 0.3) is 0 Å². The SMILES string of the molecule is CC1(C)c2ccccc2-n2c3ccc(-c4cc(-c5ccc6c(c5)c5cccc7c5n6-c5ccccc5C7(C)C)cc(-c5ncccn5)c4)cc3c3cccc1c32. The Morgan fingerprint density at radius 3 is 1.32 bits per heavy atom. The molecule has 0 spiro atoms. The molecule has 12 rings (SSSR count). The summed E-state index contributed by atoms with van der Waals surface area (Å²) in [6.45, 7) is 9.42. The lowest BCUT2D eigenvalue weighted by atomic mass is 9.75. The van der Waals surface area contributed by atoms with Crippen molar-refractivity contribution >= 4 is 43.6 Å². The maximum atomic E-state index is 4.71. The van der Waals surface area contributed by atoms with Crippen molar-refractivity contribution in [3.05, 3.63) is 180 Å². The molecule has 4 nitrogen and oxygen atoms in total. The summed E-state index contributed by atoms with van der Waals surface area (Å²) in [4.78, 5) is 9.43. The molecule has 0 unspecified atom stereocenters. The van der Waals surface area contributed by atoms with Crippen LogP contribution in [0.4, 0.5) is 0 Å². The van der Waals surface area contributed by atoms with Crippen LogP contribution in [0.25, 0.3) is 88.6 Å². The third-order valence-corrected chi connectivity index (χ3v) is 13.0. The molecular formula is C52H38N4. The van der Waals surface area contributed by atoms with Gasteiger partial charge in [-0.15, -0.1) is 0 Å². The van der Waals surface area contributed by atoms with Crippen molar-refractivity contribution in [1.82, 2.24) is 19.1 Å². The summed E-state index contributed by atoms with van der Waals surface area (Å²) < 4.78 is 4.97. The molecule has 7 aromatic carbocycles. The fourth-order valence-corrected chi connectivity index (χ4v) is 10.2. The van der Waals surface area contributed by atoms with E-state index in [1.54, 1.807) is 0 Å². The quantitative estimate of drug-likeness (QED) is 0.182. The van der Waals surface area contributed by atoms with Crippen molar-refractivity contribution in [3.63, 3.8) is 0 Å². The van der Waals surface area contributed by atoms with Crippen molar-refractivity contribution in [2.24, 2.45) is 0 Å². The topological polar surface area (TPSA) is 35.6 Å². The Hall–Kier alpha value is -6.78. The van der Waals surface area contributed by atoms with Gasteiger partial charge >= 0.3 is 0 Å². The Morgan fingerprint density at radius 1 is 0.375 bits per heavy atom. The van der Waals surface area contributed by atoms with Gasteiger partial charge in [0.1, 0.15) is 0 Å². The summed E-state index contributed by atoms with van der Waals surface area (Å²) in [5.74, 6) is 0.717. The first kappa shape index (κ1) is 31.6. The van der Waals surface area contributed by atoms with Gasteiger partial charge in [-0.1, -0.05) is 113 Å². The maximum absolute atomic E-state index is 4.71. The Labute approximate surface area is 325 Å². The first-order valence-electron chi connectivity index (χ1n) is 19.6.